The van der Waals surface area contributed by atoms with Gasteiger partial charge in [0.1, 0.15) is 5.60 Å². The standard InChI is InChI=1S/C23H39N3O2/c1-6-7-8-9-12-24-21-17-19(2)10-11-20(21)18-25-13-15-26(16-14-25)22(27)28-23(3,4)5/h10-11,17,24H,6-9,12-16,18H2,1-5H3. The second-order valence-corrected chi connectivity index (χ2v) is 8.89. The number of carbonyl (C=O) groups is 1. The molecule has 0 aliphatic carbocycles. The summed E-state index contributed by atoms with van der Waals surface area (Å²) in [4.78, 5) is 16.5. The number of aryl methyl sites for hydroxylation is 1. The maximum absolute atomic E-state index is 12.2. The summed E-state index contributed by atoms with van der Waals surface area (Å²) in [5.41, 5.74) is 3.45. The molecule has 158 valence electrons. The van der Waals surface area contributed by atoms with E-state index in [2.05, 4.69) is 42.3 Å². The average Bonchev–Trinajstić information content (AvgIpc) is 2.63. The number of carbonyl (C=O) groups excluding carboxylic acids is 1. The van der Waals surface area contributed by atoms with Gasteiger partial charge in [-0.2, -0.15) is 0 Å². The van der Waals surface area contributed by atoms with Gasteiger partial charge < -0.3 is 15.0 Å². The van der Waals surface area contributed by atoms with Crippen molar-refractivity contribution in [3.63, 3.8) is 0 Å². The van der Waals surface area contributed by atoms with Crippen LogP contribution in [0.4, 0.5) is 10.5 Å². The first kappa shape index (κ1) is 22.5. The van der Waals surface area contributed by atoms with Gasteiger partial charge in [-0.25, -0.2) is 4.79 Å². The van der Waals surface area contributed by atoms with Gasteiger partial charge in [0.15, 0.2) is 0 Å². The van der Waals surface area contributed by atoms with E-state index in [4.69, 9.17) is 4.74 Å². The molecule has 1 heterocycles. The van der Waals surface area contributed by atoms with Crippen LogP contribution in [0.25, 0.3) is 0 Å². The molecule has 0 bridgehead atoms. The van der Waals surface area contributed by atoms with E-state index in [1.165, 1.54) is 42.5 Å². The van der Waals surface area contributed by atoms with Gasteiger partial charge in [-0.15, -0.1) is 0 Å². The van der Waals surface area contributed by atoms with Crippen molar-refractivity contribution < 1.29 is 9.53 Å². The second kappa shape index (κ2) is 10.7. The Morgan fingerprint density at radius 2 is 1.82 bits per heavy atom. The molecule has 5 heteroatoms. The molecule has 2 rings (SSSR count). The summed E-state index contributed by atoms with van der Waals surface area (Å²) in [6.45, 7) is 15.3. The molecular formula is C23H39N3O2. The number of unbranched alkanes of at least 4 members (excludes halogenated alkanes) is 3. The normalized spacial score (nSPS) is 15.5. The third-order valence-corrected chi connectivity index (χ3v) is 5.03. The number of nitrogens with zero attached hydrogens (tertiary/aromatic N) is 2. The minimum absolute atomic E-state index is 0.197. The molecule has 5 nitrogen and oxygen atoms in total. The van der Waals surface area contributed by atoms with Crippen molar-refractivity contribution in [3.05, 3.63) is 29.3 Å². The lowest BCUT2D eigenvalue weighted by molar-refractivity contribution is 0.0139. The van der Waals surface area contributed by atoms with Crippen LogP contribution in [0.3, 0.4) is 0 Å². The SMILES string of the molecule is CCCCCCNc1cc(C)ccc1CN1CCN(C(=O)OC(C)(C)C)CC1. The molecule has 0 radical (unpaired) electrons. The van der Waals surface area contributed by atoms with Crippen molar-refractivity contribution in [1.82, 2.24) is 9.80 Å². The Hall–Kier alpha value is -1.75. The molecule has 1 aliphatic rings. The summed E-state index contributed by atoms with van der Waals surface area (Å²) >= 11 is 0. The molecule has 0 atom stereocenters. The first-order valence-electron chi connectivity index (χ1n) is 10.8. The summed E-state index contributed by atoms with van der Waals surface area (Å²) in [5, 5.41) is 3.64. The number of amides is 1. The molecule has 0 saturated carbocycles. The first-order valence-corrected chi connectivity index (χ1v) is 10.8. The van der Waals surface area contributed by atoms with Crippen LogP contribution in [-0.4, -0.2) is 54.2 Å². The van der Waals surface area contributed by atoms with Crippen molar-refractivity contribution in [3.8, 4) is 0 Å². The number of nitrogens with one attached hydrogen (secondary N) is 1. The molecule has 0 aromatic heterocycles. The minimum atomic E-state index is -0.437. The number of ether oxygens (including phenoxy) is 1. The van der Waals surface area contributed by atoms with E-state index in [9.17, 15) is 4.79 Å². The Morgan fingerprint density at radius 3 is 2.46 bits per heavy atom. The van der Waals surface area contributed by atoms with Crippen LogP contribution in [-0.2, 0) is 11.3 Å². The third-order valence-electron chi connectivity index (χ3n) is 5.03. The lowest BCUT2D eigenvalue weighted by atomic mass is 10.1. The van der Waals surface area contributed by atoms with Crippen LogP contribution < -0.4 is 5.32 Å². The molecule has 1 aliphatic heterocycles. The zero-order valence-corrected chi connectivity index (χ0v) is 18.5. The Labute approximate surface area is 171 Å². The monoisotopic (exact) mass is 389 g/mol. The van der Waals surface area contributed by atoms with Gasteiger partial charge in [0.2, 0.25) is 0 Å². The van der Waals surface area contributed by atoms with Crippen LogP contribution in [0.1, 0.15) is 64.5 Å². The number of hydrogen-bond acceptors (Lipinski definition) is 4. The number of piperazine rings is 1. The van der Waals surface area contributed by atoms with E-state index < -0.39 is 5.60 Å². The Kier molecular flexibility index (Phi) is 8.61. The number of hydrogen-bond donors (Lipinski definition) is 1. The Balaban J connectivity index is 1.86. The van der Waals surface area contributed by atoms with Gasteiger partial charge in [-0.3, -0.25) is 4.90 Å². The molecule has 1 aromatic carbocycles. The van der Waals surface area contributed by atoms with E-state index in [0.717, 1.165) is 39.3 Å². The zero-order valence-electron chi connectivity index (χ0n) is 18.5. The predicted molar refractivity (Wildman–Crippen MR) is 117 cm³/mol. The smallest absolute Gasteiger partial charge is 0.410 e. The summed E-state index contributed by atoms with van der Waals surface area (Å²) in [6.07, 6.45) is 4.89. The van der Waals surface area contributed by atoms with Crippen molar-refractivity contribution in [2.75, 3.05) is 38.0 Å². The Bertz CT molecular complexity index is 617. The van der Waals surface area contributed by atoms with Crippen molar-refractivity contribution in [2.45, 2.75) is 72.4 Å². The molecule has 1 amide bonds. The number of benzene rings is 1. The molecule has 0 unspecified atom stereocenters. The predicted octanol–water partition coefficient (Wildman–Crippen LogP) is 5.04. The fourth-order valence-corrected chi connectivity index (χ4v) is 3.42. The van der Waals surface area contributed by atoms with Crippen molar-refractivity contribution in [2.24, 2.45) is 0 Å². The molecular weight excluding hydrogens is 350 g/mol. The van der Waals surface area contributed by atoms with Gasteiger partial charge in [0.25, 0.3) is 0 Å². The summed E-state index contributed by atoms with van der Waals surface area (Å²) in [6, 6.07) is 6.69. The highest BCUT2D eigenvalue weighted by Crippen LogP contribution is 2.21. The van der Waals surface area contributed by atoms with Gasteiger partial charge in [-0.1, -0.05) is 38.3 Å². The molecule has 28 heavy (non-hydrogen) atoms. The van der Waals surface area contributed by atoms with E-state index in [1.807, 2.05) is 25.7 Å². The van der Waals surface area contributed by atoms with Gasteiger partial charge in [-0.05, 0) is 51.3 Å². The second-order valence-electron chi connectivity index (χ2n) is 8.89. The van der Waals surface area contributed by atoms with E-state index in [1.54, 1.807) is 0 Å². The van der Waals surface area contributed by atoms with Crippen molar-refractivity contribution >= 4 is 11.8 Å². The molecule has 0 spiro atoms. The summed E-state index contributed by atoms with van der Waals surface area (Å²) < 4.78 is 5.49. The fraction of sp³-hybridized carbons (Fsp3) is 0.696. The summed E-state index contributed by atoms with van der Waals surface area (Å²) in [7, 11) is 0. The number of anilines is 1. The average molecular weight is 390 g/mol. The largest absolute Gasteiger partial charge is 0.444 e. The maximum Gasteiger partial charge on any atom is 0.410 e. The van der Waals surface area contributed by atoms with Crippen LogP contribution >= 0.6 is 0 Å². The maximum atomic E-state index is 12.2. The molecule has 1 aromatic rings. The molecule has 1 N–H and O–H groups in total. The van der Waals surface area contributed by atoms with Gasteiger partial charge in [0, 0.05) is 45.0 Å². The zero-order chi connectivity index (χ0) is 20.6. The fourth-order valence-electron chi connectivity index (χ4n) is 3.42. The molecule has 1 fully saturated rings. The van der Waals surface area contributed by atoms with Crippen LogP contribution in [0.2, 0.25) is 0 Å². The number of rotatable bonds is 8. The lowest BCUT2D eigenvalue weighted by Gasteiger charge is -2.35. The third kappa shape index (κ3) is 7.70. The van der Waals surface area contributed by atoms with Gasteiger partial charge >= 0.3 is 6.09 Å². The highest BCUT2D eigenvalue weighted by molar-refractivity contribution is 5.68. The van der Waals surface area contributed by atoms with E-state index in [-0.39, 0.29) is 6.09 Å². The lowest BCUT2D eigenvalue weighted by Crippen LogP contribution is -2.49. The van der Waals surface area contributed by atoms with Crippen LogP contribution in [0, 0.1) is 6.92 Å². The van der Waals surface area contributed by atoms with Crippen molar-refractivity contribution in [1.29, 1.82) is 0 Å². The first-order chi connectivity index (χ1) is 13.3. The van der Waals surface area contributed by atoms with Gasteiger partial charge in [0.05, 0.1) is 0 Å². The highest BCUT2D eigenvalue weighted by Gasteiger charge is 2.26. The summed E-state index contributed by atoms with van der Waals surface area (Å²) in [5.74, 6) is 0. The highest BCUT2D eigenvalue weighted by atomic mass is 16.6. The topological polar surface area (TPSA) is 44.8 Å². The van der Waals surface area contributed by atoms with E-state index >= 15 is 0 Å². The minimum Gasteiger partial charge on any atom is -0.444 e. The van der Waals surface area contributed by atoms with E-state index in [0.29, 0.717) is 0 Å². The Morgan fingerprint density at radius 1 is 1.11 bits per heavy atom. The molecule has 1 saturated heterocycles. The quantitative estimate of drug-likeness (QED) is 0.633. The van der Waals surface area contributed by atoms with Crippen LogP contribution in [0.5, 0.6) is 0 Å². The van der Waals surface area contributed by atoms with Crippen LogP contribution in [0.15, 0.2) is 18.2 Å².